The summed E-state index contributed by atoms with van der Waals surface area (Å²) in [6.07, 6.45) is 11.5. The molecule has 0 unspecified atom stereocenters. The number of hydrogen-bond donors (Lipinski definition) is 1. The first kappa shape index (κ1) is 23.9. The number of aromatic nitrogens is 1. The van der Waals surface area contributed by atoms with Crippen LogP contribution < -0.4 is 0 Å². The third-order valence-corrected chi connectivity index (χ3v) is 11.0. The molecular weight excluding hydrogens is 466 g/mol. The van der Waals surface area contributed by atoms with Crippen LogP contribution in [-0.2, 0) is 4.79 Å². The number of ketones is 2. The van der Waals surface area contributed by atoms with Crippen LogP contribution >= 0.6 is 0 Å². The number of hydrogen-bond acceptors (Lipinski definition) is 2. The SMILES string of the molecule is Cc1cccc(-c2[nH]c3ccccc3c2C(=O)C2=CC3=CC[C@@H]4[C@H](CC[C@]5(C)C(=O)CC[C@@H]45)[C@@]3(C)CC2)c1. The number of rotatable bonds is 3. The molecule has 0 saturated heterocycles. The van der Waals surface area contributed by atoms with Crippen molar-refractivity contribution in [1.29, 1.82) is 0 Å². The Hall–Kier alpha value is -3.20. The molecule has 3 heteroatoms. The second-order valence-electron chi connectivity index (χ2n) is 12.9. The van der Waals surface area contributed by atoms with E-state index >= 15 is 0 Å². The fourth-order valence-corrected chi connectivity index (χ4v) is 8.83. The van der Waals surface area contributed by atoms with Crippen LogP contribution in [0, 0.1) is 35.5 Å². The molecule has 1 aromatic heterocycles. The molecule has 2 fully saturated rings. The van der Waals surface area contributed by atoms with Gasteiger partial charge in [0.05, 0.1) is 11.3 Å². The summed E-state index contributed by atoms with van der Waals surface area (Å²) in [5.41, 5.74) is 7.25. The van der Waals surface area contributed by atoms with Crippen molar-refractivity contribution in [1.82, 2.24) is 4.98 Å². The monoisotopic (exact) mass is 503 g/mol. The molecule has 0 aliphatic heterocycles. The van der Waals surface area contributed by atoms with Gasteiger partial charge in [0.15, 0.2) is 5.78 Å². The van der Waals surface area contributed by atoms with Crippen molar-refractivity contribution in [3.05, 3.63) is 83.0 Å². The van der Waals surface area contributed by atoms with Gasteiger partial charge in [0.2, 0.25) is 0 Å². The van der Waals surface area contributed by atoms with Crippen LogP contribution in [-0.4, -0.2) is 16.6 Å². The van der Waals surface area contributed by atoms with E-state index in [0.29, 0.717) is 23.5 Å². The summed E-state index contributed by atoms with van der Waals surface area (Å²) in [5.74, 6) is 2.39. The van der Waals surface area contributed by atoms with Gasteiger partial charge < -0.3 is 4.98 Å². The molecule has 0 radical (unpaired) electrons. The number of carbonyl (C=O) groups excluding carboxylic acids is 2. The average Bonchev–Trinajstić information content (AvgIpc) is 3.45. The summed E-state index contributed by atoms with van der Waals surface area (Å²) in [6, 6.07) is 16.6. The van der Waals surface area contributed by atoms with E-state index in [-0.39, 0.29) is 16.6 Å². The highest BCUT2D eigenvalue weighted by molar-refractivity contribution is 6.20. The molecule has 0 spiro atoms. The molecule has 3 nitrogen and oxygen atoms in total. The number of fused-ring (bicyclic) bond motifs is 6. The Balaban J connectivity index is 1.27. The predicted molar refractivity (Wildman–Crippen MR) is 153 cm³/mol. The molecule has 1 N–H and O–H groups in total. The summed E-state index contributed by atoms with van der Waals surface area (Å²) >= 11 is 0. The largest absolute Gasteiger partial charge is 0.354 e. The molecule has 1 heterocycles. The van der Waals surface area contributed by atoms with Gasteiger partial charge in [-0.3, -0.25) is 9.59 Å². The lowest BCUT2D eigenvalue weighted by Crippen LogP contribution is -2.49. The van der Waals surface area contributed by atoms with Crippen LogP contribution in [0.25, 0.3) is 22.2 Å². The van der Waals surface area contributed by atoms with E-state index in [2.05, 4.69) is 74.3 Å². The van der Waals surface area contributed by atoms with Crippen LogP contribution in [0.2, 0.25) is 0 Å². The van der Waals surface area contributed by atoms with Crippen LogP contribution in [0.15, 0.2) is 71.8 Å². The zero-order chi connectivity index (χ0) is 26.2. The molecule has 2 aromatic carbocycles. The van der Waals surface area contributed by atoms with Gasteiger partial charge in [0.1, 0.15) is 5.78 Å². The third kappa shape index (κ3) is 3.33. The molecule has 194 valence electrons. The van der Waals surface area contributed by atoms with Crippen molar-refractivity contribution in [2.24, 2.45) is 28.6 Å². The van der Waals surface area contributed by atoms with Gasteiger partial charge in [-0.15, -0.1) is 0 Å². The second kappa shape index (κ2) is 8.40. The smallest absolute Gasteiger partial charge is 0.191 e. The molecule has 5 atom stereocenters. The van der Waals surface area contributed by atoms with E-state index in [1.807, 2.05) is 12.1 Å². The summed E-state index contributed by atoms with van der Waals surface area (Å²) in [4.78, 5) is 30.6. The Morgan fingerprint density at radius 2 is 1.76 bits per heavy atom. The normalized spacial score (nSPS) is 32.3. The van der Waals surface area contributed by atoms with Gasteiger partial charge in [-0.1, -0.05) is 68.0 Å². The third-order valence-electron chi connectivity index (χ3n) is 11.0. The number of para-hydroxylation sites is 1. The first-order chi connectivity index (χ1) is 18.3. The minimum absolute atomic E-state index is 0.0965. The lowest BCUT2D eigenvalue weighted by Gasteiger charge is -2.55. The Morgan fingerprint density at radius 1 is 0.947 bits per heavy atom. The summed E-state index contributed by atoms with van der Waals surface area (Å²) in [5, 5.41) is 0.999. The first-order valence-corrected chi connectivity index (χ1v) is 14.5. The van der Waals surface area contributed by atoms with Crippen LogP contribution in [0.1, 0.15) is 74.7 Å². The molecule has 38 heavy (non-hydrogen) atoms. The van der Waals surface area contributed by atoms with Crippen molar-refractivity contribution in [3.8, 4) is 11.3 Å². The zero-order valence-electron chi connectivity index (χ0n) is 22.8. The number of nitrogens with one attached hydrogen (secondary N) is 1. The summed E-state index contributed by atoms with van der Waals surface area (Å²) in [7, 11) is 0. The quantitative estimate of drug-likeness (QED) is 0.365. The number of allylic oxidation sites excluding steroid dienone is 4. The molecule has 4 aliphatic carbocycles. The second-order valence-corrected chi connectivity index (χ2v) is 12.9. The minimum atomic E-state index is -0.101. The molecule has 7 rings (SSSR count). The Morgan fingerprint density at radius 3 is 2.61 bits per heavy atom. The lowest BCUT2D eigenvalue weighted by molar-refractivity contribution is -0.131. The van der Waals surface area contributed by atoms with Crippen molar-refractivity contribution < 1.29 is 9.59 Å². The number of aryl methyl sites for hydroxylation is 1. The van der Waals surface area contributed by atoms with Gasteiger partial charge in [0.25, 0.3) is 0 Å². The lowest BCUT2D eigenvalue weighted by atomic mass is 9.48. The van der Waals surface area contributed by atoms with Gasteiger partial charge in [-0.2, -0.15) is 0 Å². The molecule has 0 amide bonds. The minimum Gasteiger partial charge on any atom is -0.354 e. The van der Waals surface area contributed by atoms with E-state index in [0.717, 1.165) is 78.2 Å². The fourth-order valence-electron chi connectivity index (χ4n) is 8.83. The summed E-state index contributed by atoms with van der Waals surface area (Å²) in [6.45, 7) is 6.78. The maximum atomic E-state index is 14.3. The van der Waals surface area contributed by atoms with E-state index in [4.69, 9.17) is 0 Å². The molecule has 3 aromatic rings. The van der Waals surface area contributed by atoms with Crippen molar-refractivity contribution in [3.63, 3.8) is 0 Å². The van der Waals surface area contributed by atoms with E-state index in [9.17, 15) is 9.59 Å². The van der Waals surface area contributed by atoms with Gasteiger partial charge in [-0.25, -0.2) is 0 Å². The number of aromatic amines is 1. The van der Waals surface area contributed by atoms with Crippen molar-refractivity contribution >= 4 is 22.5 Å². The highest BCUT2D eigenvalue weighted by atomic mass is 16.1. The highest BCUT2D eigenvalue weighted by Gasteiger charge is 2.58. The average molecular weight is 504 g/mol. The van der Waals surface area contributed by atoms with E-state index in [1.54, 1.807) is 0 Å². The maximum Gasteiger partial charge on any atom is 0.191 e. The molecule has 0 bridgehead atoms. The number of carbonyl (C=O) groups is 2. The molecule has 2 saturated carbocycles. The van der Waals surface area contributed by atoms with Crippen molar-refractivity contribution in [2.45, 2.75) is 65.7 Å². The topological polar surface area (TPSA) is 49.9 Å². The van der Waals surface area contributed by atoms with Gasteiger partial charge in [0, 0.05) is 28.3 Å². The van der Waals surface area contributed by atoms with Crippen LogP contribution in [0.3, 0.4) is 0 Å². The highest BCUT2D eigenvalue weighted by Crippen LogP contribution is 2.63. The van der Waals surface area contributed by atoms with E-state index in [1.165, 1.54) is 11.1 Å². The Kier molecular flexibility index (Phi) is 5.28. The predicted octanol–water partition coefficient (Wildman–Crippen LogP) is 8.39. The van der Waals surface area contributed by atoms with Crippen LogP contribution in [0.5, 0.6) is 0 Å². The number of Topliss-reactive ketones (excluding diaryl/α,β-unsaturated/α-hetero) is 2. The standard InChI is InChI=1S/C35H37NO2/c1-21-7-6-8-22(19-21)32-31(26-9-4-5-10-29(26)36-32)33(38)23-15-17-34(2)24(20-23)11-12-25-27-13-14-30(37)35(27,3)18-16-28(25)34/h4-11,19-20,25,27-28,36H,12-18H2,1-3H3/t25-,27-,28-,34-,35-/m0/s1. The van der Waals surface area contributed by atoms with Crippen LogP contribution in [0.4, 0.5) is 0 Å². The van der Waals surface area contributed by atoms with Crippen molar-refractivity contribution in [2.75, 3.05) is 0 Å². The zero-order valence-corrected chi connectivity index (χ0v) is 22.8. The Labute approximate surface area is 225 Å². The van der Waals surface area contributed by atoms with Gasteiger partial charge >= 0.3 is 0 Å². The molecular formula is C35H37NO2. The number of H-pyrrole nitrogens is 1. The fraction of sp³-hybridized carbons (Fsp3) is 0.429. The Bertz CT molecular complexity index is 1550. The first-order valence-electron chi connectivity index (χ1n) is 14.5. The maximum absolute atomic E-state index is 14.3. The van der Waals surface area contributed by atoms with Gasteiger partial charge in [-0.05, 0) is 91.9 Å². The molecule has 4 aliphatic rings. The van der Waals surface area contributed by atoms with E-state index < -0.39 is 0 Å². The summed E-state index contributed by atoms with van der Waals surface area (Å²) < 4.78 is 0. The number of benzene rings is 2.